The first-order valence-corrected chi connectivity index (χ1v) is 6.18. The molecule has 0 saturated heterocycles. The number of nitrogens with one attached hydrogen (secondary N) is 1. The lowest BCUT2D eigenvalue weighted by molar-refractivity contribution is 0.354. The van der Waals surface area contributed by atoms with Crippen LogP contribution >= 0.6 is 0 Å². The number of benzene rings is 1. The molecule has 0 atom stereocenters. The van der Waals surface area contributed by atoms with Crippen LogP contribution in [0, 0.1) is 6.92 Å². The zero-order chi connectivity index (χ0) is 14.5. The van der Waals surface area contributed by atoms with Crippen LogP contribution in [0.15, 0.2) is 24.3 Å². The van der Waals surface area contributed by atoms with Gasteiger partial charge in [-0.25, -0.2) is 9.97 Å². The number of hydrogen-bond acceptors (Lipinski definition) is 6. The van der Waals surface area contributed by atoms with Gasteiger partial charge < -0.3 is 20.5 Å². The first-order valence-electron chi connectivity index (χ1n) is 6.18. The standard InChI is InChI=1S/C14H18N4O2/c1-9-17-13(15)7-14(18-9)16-8-10-4-5-11(19-2)12(6-10)20-3/h4-7H,8H2,1-3H3,(H3,15,16,17,18). The molecule has 0 unspecified atom stereocenters. The third kappa shape index (κ3) is 3.28. The van der Waals surface area contributed by atoms with Gasteiger partial charge in [0.1, 0.15) is 17.5 Å². The highest BCUT2D eigenvalue weighted by molar-refractivity contribution is 5.47. The van der Waals surface area contributed by atoms with E-state index in [0.717, 1.165) is 5.56 Å². The summed E-state index contributed by atoms with van der Waals surface area (Å²) in [6, 6.07) is 7.46. The van der Waals surface area contributed by atoms with Crippen LogP contribution in [0.5, 0.6) is 11.5 Å². The van der Waals surface area contributed by atoms with Crippen LogP contribution in [0.1, 0.15) is 11.4 Å². The van der Waals surface area contributed by atoms with Crippen molar-refractivity contribution in [1.29, 1.82) is 0 Å². The minimum Gasteiger partial charge on any atom is -0.493 e. The monoisotopic (exact) mass is 274 g/mol. The summed E-state index contributed by atoms with van der Waals surface area (Å²) in [7, 11) is 3.23. The molecule has 0 radical (unpaired) electrons. The fraction of sp³-hybridized carbons (Fsp3) is 0.286. The molecule has 2 rings (SSSR count). The molecule has 0 amide bonds. The summed E-state index contributed by atoms with van der Waals surface area (Å²) < 4.78 is 10.5. The van der Waals surface area contributed by atoms with Gasteiger partial charge in [-0.05, 0) is 24.6 Å². The maximum absolute atomic E-state index is 5.68. The van der Waals surface area contributed by atoms with Crippen molar-refractivity contribution in [3.63, 3.8) is 0 Å². The number of aryl methyl sites for hydroxylation is 1. The average Bonchev–Trinajstić information content (AvgIpc) is 2.43. The minimum absolute atomic E-state index is 0.451. The topological polar surface area (TPSA) is 82.3 Å². The molecule has 0 spiro atoms. The van der Waals surface area contributed by atoms with Crippen molar-refractivity contribution in [1.82, 2.24) is 9.97 Å². The second kappa shape index (κ2) is 6.10. The summed E-state index contributed by atoms with van der Waals surface area (Å²) in [4.78, 5) is 8.30. The molecule has 6 nitrogen and oxygen atoms in total. The number of aromatic nitrogens is 2. The van der Waals surface area contributed by atoms with Crippen LogP contribution in [0.2, 0.25) is 0 Å². The van der Waals surface area contributed by atoms with Crippen molar-refractivity contribution in [3.8, 4) is 11.5 Å². The molecule has 0 saturated carbocycles. The number of rotatable bonds is 5. The number of anilines is 2. The highest BCUT2D eigenvalue weighted by Gasteiger charge is 2.05. The Labute approximate surface area is 118 Å². The quantitative estimate of drug-likeness (QED) is 0.867. The number of hydrogen-bond donors (Lipinski definition) is 2. The first-order chi connectivity index (χ1) is 9.62. The third-order valence-corrected chi connectivity index (χ3v) is 2.78. The van der Waals surface area contributed by atoms with Gasteiger partial charge in [-0.3, -0.25) is 0 Å². The zero-order valence-corrected chi connectivity index (χ0v) is 11.8. The second-order valence-corrected chi connectivity index (χ2v) is 4.27. The number of nitrogen functional groups attached to an aromatic ring is 1. The van der Waals surface area contributed by atoms with Crippen LogP contribution in [0.25, 0.3) is 0 Å². The van der Waals surface area contributed by atoms with E-state index in [1.54, 1.807) is 27.2 Å². The van der Waals surface area contributed by atoms with E-state index in [0.29, 0.717) is 35.5 Å². The summed E-state index contributed by atoms with van der Waals surface area (Å²) in [5.41, 5.74) is 6.74. The van der Waals surface area contributed by atoms with Gasteiger partial charge >= 0.3 is 0 Å². The van der Waals surface area contributed by atoms with Gasteiger partial charge in [0.05, 0.1) is 14.2 Å². The van der Waals surface area contributed by atoms with Gasteiger partial charge in [-0.15, -0.1) is 0 Å². The Balaban J connectivity index is 2.10. The van der Waals surface area contributed by atoms with E-state index in [9.17, 15) is 0 Å². The van der Waals surface area contributed by atoms with Gasteiger partial charge in [0.25, 0.3) is 0 Å². The lowest BCUT2D eigenvalue weighted by Gasteiger charge is -2.11. The molecule has 106 valence electrons. The van der Waals surface area contributed by atoms with E-state index in [1.165, 1.54) is 0 Å². The van der Waals surface area contributed by atoms with Gasteiger partial charge in [-0.2, -0.15) is 0 Å². The van der Waals surface area contributed by atoms with Crippen molar-refractivity contribution in [2.45, 2.75) is 13.5 Å². The molecule has 1 heterocycles. The smallest absolute Gasteiger partial charge is 0.161 e. The maximum Gasteiger partial charge on any atom is 0.161 e. The molecule has 1 aromatic heterocycles. The Morgan fingerprint density at radius 1 is 1.10 bits per heavy atom. The van der Waals surface area contributed by atoms with E-state index in [2.05, 4.69) is 15.3 Å². The molecule has 0 fully saturated rings. The number of ether oxygens (including phenoxy) is 2. The molecule has 3 N–H and O–H groups in total. The van der Waals surface area contributed by atoms with E-state index < -0.39 is 0 Å². The minimum atomic E-state index is 0.451. The third-order valence-electron chi connectivity index (χ3n) is 2.78. The predicted octanol–water partition coefficient (Wildman–Crippen LogP) is 2.00. The normalized spacial score (nSPS) is 10.2. The molecular formula is C14H18N4O2. The molecule has 2 aromatic rings. The first kappa shape index (κ1) is 13.9. The Kier molecular flexibility index (Phi) is 4.24. The molecule has 20 heavy (non-hydrogen) atoms. The van der Waals surface area contributed by atoms with Crippen LogP contribution in [0.4, 0.5) is 11.6 Å². The SMILES string of the molecule is COc1ccc(CNc2cc(N)nc(C)n2)cc1OC. The summed E-state index contributed by atoms with van der Waals surface area (Å²) in [5, 5.41) is 3.20. The average molecular weight is 274 g/mol. The Bertz CT molecular complexity index is 581. The highest BCUT2D eigenvalue weighted by atomic mass is 16.5. The van der Waals surface area contributed by atoms with Gasteiger partial charge in [0, 0.05) is 12.6 Å². The molecule has 0 aliphatic carbocycles. The van der Waals surface area contributed by atoms with Gasteiger partial charge in [-0.1, -0.05) is 6.07 Å². The van der Waals surface area contributed by atoms with E-state index >= 15 is 0 Å². The van der Waals surface area contributed by atoms with Crippen molar-refractivity contribution in [2.75, 3.05) is 25.3 Å². The molecule has 0 aliphatic heterocycles. The van der Waals surface area contributed by atoms with Crippen molar-refractivity contribution < 1.29 is 9.47 Å². The van der Waals surface area contributed by atoms with Crippen LogP contribution in [-0.4, -0.2) is 24.2 Å². The predicted molar refractivity (Wildman–Crippen MR) is 78.1 cm³/mol. The number of nitrogens with two attached hydrogens (primary N) is 1. The number of methoxy groups -OCH3 is 2. The Morgan fingerprint density at radius 3 is 2.50 bits per heavy atom. The zero-order valence-electron chi connectivity index (χ0n) is 11.8. The molecule has 0 aliphatic rings. The van der Waals surface area contributed by atoms with Crippen LogP contribution < -0.4 is 20.5 Å². The van der Waals surface area contributed by atoms with Crippen molar-refractivity contribution >= 4 is 11.6 Å². The maximum atomic E-state index is 5.68. The second-order valence-electron chi connectivity index (χ2n) is 4.27. The van der Waals surface area contributed by atoms with E-state index in [4.69, 9.17) is 15.2 Å². The van der Waals surface area contributed by atoms with Gasteiger partial charge in [0.15, 0.2) is 11.5 Å². The lowest BCUT2D eigenvalue weighted by Crippen LogP contribution is -2.05. The molecular weight excluding hydrogens is 256 g/mol. The summed E-state index contributed by atoms with van der Waals surface area (Å²) in [5.74, 6) is 3.19. The summed E-state index contributed by atoms with van der Waals surface area (Å²) in [6.07, 6.45) is 0. The Morgan fingerprint density at radius 2 is 1.85 bits per heavy atom. The number of nitrogens with zero attached hydrogens (tertiary/aromatic N) is 2. The van der Waals surface area contributed by atoms with Crippen LogP contribution in [0.3, 0.4) is 0 Å². The fourth-order valence-electron chi connectivity index (χ4n) is 1.86. The molecule has 1 aromatic carbocycles. The molecule has 0 bridgehead atoms. The van der Waals surface area contributed by atoms with Crippen molar-refractivity contribution in [2.24, 2.45) is 0 Å². The summed E-state index contributed by atoms with van der Waals surface area (Å²) in [6.45, 7) is 2.41. The fourth-order valence-corrected chi connectivity index (χ4v) is 1.86. The summed E-state index contributed by atoms with van der Waals surface area (Å²) >= 11 is 0. The van der Waals surface area contributed by atoms with E-state index in [-0.39, 0.29) is 0 Å². The van der Waals surface area contributed by atoms with Crippen LogP contribution in [-0.2, 0) is 6.54 Å². The van der Waals surface area contributed by atoms with Crippen molar-refractivity contribution in [3.05, 3.63) is 35.7 Å². The Hall–Kier alpha value is -2.50. The highest BCUT2D eigenvalue weighted by Crippen LogP contribution is 2.27. The lowest BCUT2D eigenvalue weighted by atomic mass is 10.2. The largest absolute Gasteiger partial charge is 0.493 e. The van der Waals surface area contributed by atoms with Gasteiger partial charge in [0.2, 0.25) is 0 Å². The van der Waals surface area contributed by atoms with E-state index in [1.807, 2.05) is 18.2 Å². The molecule has 6 heteroatoms.